The Kier molecular flexibility index (Phi) is 4.47. The molecule has 2 aromatic rings. The fraction of sp³-hybridized carbons (Fsp3) is 0.467. The number of aromatic nitrogens is 2. The van der Waals surface area contributed by atoms with Crippen molar-refractivity contribution in [3.63, 3.8) is 0 Å². The molecule has 1 aromatic carbocycles. The van der Waals surface area contributed by atoms with E-state index in [9.17, 15) is 13.2 Å². The third-order valence-electron chi connectivity index (χ3n) is 3.98. The number of nitrogens with one attached hydrogen (secondary N) is 1. The first kappa shape index (κ1) is 16.1. The van der Waals surface area contributed by atoms with Crippen molar-refractivity contribution in [1.29, 1.82) is 0 Å². The first-order valence-electron chi connectivity index (χ1n) is 7.57. The summed E-state index contributed by atoms with van der Waals surface area (Å²) in [6.07, 6.45) is 4.55. The van der Waals surface area contributed by atoms with Crippen molar-refractivity contribution in [2.24, 2.45) is 0 Å². The molecule has 3 rings (SSSR count). The fourth-order valence-electron chi connectivity index (χ4n) is 3.00. The summed E-state index contributed by atoms with van der Waals surface area (Å²) in [4.78, 5) is 14.5. The molecule has 0 bridgehead atoms. The van der Waals surface area contributed by atoms with Gasteiger partial charge in [0.15, 0.2) is 0 Å². The normalized spacial score (nSPS) is 20.0. The van der Waals surface area contributed by atoms with Crippen LogP contribution in [0.25, 0.3) is 10.8 Å². The summed E-state index contributed by atoms with van der Waals surface area (Å²) in [5.74, 6) is 0. The maximum absolute atomic E-state index is 12.5. The number of fused-ring (bicyclic) bond motifs is 1. The Morgan fingerprint density at radius 1 is 1.35 bits per heavy atom. The predicted octanol–water partition coefficient (Wildman–Crippen LogP) is 0.368. The van der Waals surface area contributed by atoms with E-state index in [4.69, 9.17) is 0 Å². The number of likely N-dealkylation sites (tertiary alicyclic amines) is 1. The van der Waals surface area contributed by atoms with Crippen LogP contribution in [-0.4, -0.2) is 48.5 Å². The average molecular weight is 336 g/mol. The smallest absolute Gasteiger partial charge is 0.275 e. The van der Waals surface area contributed by atoms with Crippen molar-refractivity contribution in [2.75, 3.05) is 19.3 Å². The van der Waals surface area contributed by atoms with Crippen LogP contribution in [-0.2, 0) is 16.7 Å². The van der Waals surface area contributed by atoms with Gasteiger partial charge in [-0.3, -0.25) is 9.69 Å². The number of hydrogen-bond donors (Lipinski definition) is 1. The topological polar surface area (TPSA) is 84.3 Å². The second kappa shape index (κ2) is 6.38. The van der Waals surface area contributed by atoms with Crippen LogP contribution in [0.3, 0.4) is 0 Å². The van der Waals surface area contributed by atoms with Gasteiger partial charge < -0.3 is 0 Å². The highest BCUT2D eigenvalue weighted by Crippen LogP contribution is 2.12. The summed E-state index contributed by atoms with van der Waals surface area (Å²) in [5.41, 5.74) is -0.124. The molecule has 124 valence electrons. The van der Waals surface area contributed by atoms with E-state index in [2.05, 4.69) is 14.7 Å². The van der Waals surface area contributed by atoms with Crippen LogP contribution >= 0.6 is 0 Å². The summed E-state index contributed by atoms with van der Waals surface area (Å²) in [6.45, 7) is 1.77. The van der Waals surface area contributed by atoms with Crippen molar-refractivity contribution in [1.82, 2.24) is 19.4 Å². The van der Waals surface area contributed by atoms with Crippen LogP contribution in [0, 0.1) is 0 Å². The molecule has 0 radical (unpaired) electrons. The third-order valence-corrected chi connectivity index (χ3v) is 4.74. The lowest BCUT2D eigenvalue weighted by atomic mass is 10.1. The number of benzene rings is 1. The summed E-state index contributed by atoms with van der Waals surface area (Å²) in [5, 5.41) is 5.69. The molecule has 1 aliphatic rings. The van der Waals surface area contributed by atoms with Crippen molar-refractivity contribution in [3.05, 3.63) is 40.8 Å². The van der Waals surface area contributed by atoms with E-state index in [0.717, 1.165) is 24.8 Å². The molecule has 0 aliphatic carbocycles. The van der Waals surface area contributed by atoms with E-state index in [0.29, 0.717) is 18.6 Å². The van der Waals surface area contributed by atoms with Gasteiger partial charge in [0.25, 0.3) is 5.56 Å². The highest BCUT2D eigenvalue weighted by molar-refractivity contribution is 7.88. The first-order chi connectivity index (χ1) is 10.9. The zero-order valence-corrected chi connectivity index (χ0v) is 13.8. The molecule has 0 spiro atoms. The van der Waals surface area contributed by atoms with Crippen LogP contribution in [0.15, 0.2) is 35.3 Å². The van der Waals surface area contributed by atoms with Gasteiger partial charge in [0.05, 0.1) is 24.5 Å². The quantitative estimate of drug-likeness (QED) is 0.872. The van der Waals surface area contributed by atoms with Gasteiger partial charge in [-0.2, -0.15) is 5.10 Å². The lowest BCUT2D eigenvalue weighted by Crippen LogP contribution is -2.48. The maximum Gasteiger partial charge on any atom is 0.275 e. The van der Waals surface area contributed by atoms with Gasteiger partial charge >= 0.3 is 0 Å². The molecular formula is C15H20N4O3S. The van der Waals surface area contributed by atoms with Crippen LogP contribution < -0.4 is 10.3 Å². The molecule has 1 aliphatic heterocycles. The minimum atomic E-state index is -3.22. The first-order valence-corrected chi connectivity index (χ1v) is 9.46. The Morgan fingerprint density at radius 2 is 2.13 bits per heavy atom. The second-order valence-electron chi connectivity index (χ2n) is 5.98. The Labute approximate surface area is 135 Å². The summed E-state index contributed by atoms with van der Waals surface area (Å²) < 4.78 is 26.8. The van der Waals surface area contributed by atoms with E-state index in [1.165, 1.54) is 10.9 Å². The van der Waals surface area contributed by atoms with Gasteiger partial charge in [0.1, 0.15) is 0 Å². The Hall–Kier alpha value is -1.77. The zero-order chi connectivity index (χ0) is 16.4. The molecular weight excluding hydrogens is 316 g/mol. The molecule has 7 nitrogen and oxygen atoms in total. The molecule has 1 saturated heterocycles. The Morgan fingerprint density at radius 3 is 2.91 bits per heavy atom. The minimum Gasteiger partial charge on any atom is -0.283 e. The highest BCUT2D eigenvalue weighted by atomic mass is 32.2. The Balaban J connectivity index is 1.76. The number of hydrogen-bond acceptors (Lipinski definition) is 5. The van der Waals surface area contributed by atoms with Crippen LogP contribution in [0.1, 0.15) is 12.8 Å². The molecule has 0 amide bonds. The molecule has 1 atom stereocenters. The second-order valence-corrected chi connectivity index (χ2v) is 7.76. The van der Waals surface area contributed by atoms with E-state index in [1.807, 2.05) is 18.2 Å². The zero-order valence-electron chi connectivity index (χ0n) is 13.0. The lowest BCUT2D eigenvalue weighted by Gasteiger charge is -2.32. The van der Waals surface area contributed by atoms with E-state index >= 15 is 0 Å². The summed E-state index contributed by atoms with van der Waals surface area (Å²) >= 11 is 0. The molecule has 0 saturated carbocycles. The van der Waals surface area contributed by atoms with Gasteiger partial charge in [-0.25, -0.2) is 17.8 Å². The lowest BCUT2D eigenvalue weighted by molar-refractivity contribution is 0.151. The fourth-order valence-corrected chi connectivity index (χ4v) is 3.80. The van der Waals surface area contributed by atoms with Crippen molar-refractivity contribution < 1.29 is 8.42 Å². The highest BCUT2D eigenvalue weighted by Gasteiger charge is 2.22. The van der Waals surface area contributed by atoms with Crippen molar-refractivity contribution >= 4 is 20.8 Å². The number of nitrogens with zero attached hydrogens (tertiary/aromatic N) is 3. The monoisotopic (exact) mass is 336 g/mol. The van der Waals surface area contributed by atoms with Gasteiger partial charge in [0.2, 0.25) is 10.0 Å². The molecule has 1 aromatic heterocycles. The van der Waals surface area contributed by atoms with E-state index < -0.39 is 10.0 Å². The molecule has 1 fully saturated rings. The van der Waals surface area contributed by atoms with Crippen molar-refractivity contribution in [3.8, 4) is 0 Å². The molecule has 1 N–H and O–H groups in total. The van der Waals surface area contributed by atoms with Gasteiger partial charge in [0, 0.05) is 24.5 Å². The molecule has 2 heterocycles. The Bertz CT molecular complexity index is 862. The molecule has 8 heteroatoms. The molecule has 23 heavy (non-hydrogen) atoms. The maximum atomic E-state index is 12.5. The van der Waals surface area contributed by atoms with Crippen molar-refractivity contribution in [2.45, 2.75) is 25.6 Å². The van der Waals surface area contributed by atoms with Gasteiger partial charge in [-0.15, -0.1) is 0 Å². The van der Waals surface area contributed by atoms with Gasteiger partial charge in [-0.1, -0.05) is 18.2 Å². The minimum absolute atomic E-state index is 0.116. The summed E-state index contributed by atoms with van der Waals surface area (Å²) in [6, 6.07) is 7.25. The largest absolute Gasteiger partial charge is 0.283 e. The van der Waals surface area contributed by atoms with E-state index in [-0.39, 0.29) is 11.6 Å². The van der Waals surface area contributed by atoms with E-state index in [1.54, 1.807) is 12.3 Å². The van der Waals surface area contributed by atoms with Crippen LogP contribution in [0.4, 0.5) is 0 Å². The van der Waals surface area contributed by atoms with Gasteiger partial charge in [-0.05, 0) is 18.9 Å². The number of piperidine rings is 1. The number of rotatable bonds is 4. The van der Waals surface area contributed by atoms with Crippen LogP contribution in [0.5, 0.6) is 0 Å². The summed E-state index contributed by atoms with van der Waals surface area (Å²) in [7, 11) is -3.22. The standard InChI is InChI=1S/C15H20N4O3S/c1-23(21,22)17-13-6-4-8-18(10-13)11-19-15(20)14-7-3-2-5-12(14)9-16-19/h2-3,5,7,9,13,17H,4,6,8,10-11H2,1H3. The van der Waals surface area contributed by atoms with Crippen LogP contribution in [0.2, 0.25) is 0 Å². The number of sulfonamides is 1. The third kappa shape index (κ3) is 3.95. The molecule has 1 unspecified atom stereocenters. The predicted molar refractivity (Wildman–Crippen MR) is 88.6 cm³/mol. The average Bonchev–Trinajstić information content (AvgIpc) is 2.49. The SMILES string of the molecule is CS(=O)(=O)NC1CCCN(Cn2ncc3ccccc3c2=O)C1.